The molecule has 2 rings (SSSR count). The summed E-state index contributed by atoms with van der Waals surface area (Å²) in [5.41, 5.74) is 7.63. The van der Waals surface area contributed by atoms with Gasteiger partial charge in [0.15, 0.2) is 5.13 Å². The van der Waals surface area contributed by atoms with E-state index in [0.717, 1.165) is 17.0 Å². The maximum absolute atomic E-state index is 12.3. The minimum absolute atomic E-state index is 0.273. The van der Waals surface area contributed by atoms with Gasteiger partial charge in [-0.2, -0.15) is 0 Å². The Morgan fingerprint density at radius 1 is 1.50 bits per heavy atom. The zero-order chi connectivity index (χ0) is 14.7. The summed E-state index contributed by atoms with van der Waals surface area (Å²) in [4.78, 5) is 17.8. The number of rotatable bonds is 4. The van der Waals surface area contributed by atoms with Crippen molar-refractivity contribution >= 4 is 28.1 Å². The molecular weight excluding hydrogens is 274 g/mol. The number of aromatic nitrogens is 1. The van der Waals surface area contributed by atoms with Crippen LogP contribution in [0.2, 0.25) is 0 Å². The van der Waals surface area contributed by atoms with Crippen LogP contribution in [0.5, 0.6) is 5.75 Å². The minimum atomic E-state index is -0.273. The highest BCUT2D eigenvalue weighted by molar-refractivity contribution is 7.15. The maximum atomic E-state index is 12.3. The fraction of sp³-hybridized carbons (Fsp3) is 0.286. The second-order valence-electron chi connectivity index (χ2n) is 4.29. The second-order valence-corrected chi connectivity index (χ2v) is 5.49. The van der Waals surface area contributed by atoms with Crippen LogP contribution < -0.4 is 15.8 Å². The van der Waals surface area contributed by atoms with Crippen molar-refractivity contribution in [2.75, 3.05) is 18.2 Å². The van der Waals surface area contributed by atoms with Crippen LogP contribution in [-0.2, 0) is 6.42 Å². The predicted molar refractivity (Wildman–Crippen MR) is 81.6 cm³/mol. The maximum Gasteiger partial charge on any atom is 0.261 e. The number of amides is 1. The molecule has 6 heteroatoms. The summed E-state index contributed by atoms with van der Waals surface area (Å²) in [6.07, 6.45) is 0.847. The molecule has 106 valence electrons. The normalized spacial score (nSPS) is 10.3. The molecule has 1 heterocycles. The average molecular weight is 291 g/mol. The number of nitrogens with one attached hydrogen (secondary N) is 1. The Morgan fingerprint density at radius 3 is 2.85 bits per heavy atom. The molecule has 0 bridgehead atoms. The molecule has 5 nitrogen and oxygen atoms in total. The van der Waals surface area contributed by atoms with Crippen LogP contribution in [0, 0.1) is 6.92 Å². The summed E-state index contributed by atoms with van der Waals surface area (Å²) in [5, 5.41) is 3.38. The van der Waals surface area contributed by atoms with E-state index in [0.29, 0.717) is 22.1 Å². The summed E-state index contributed by atoms with van der Waals surface area (Å²) in [5.74, 6) is 0.214. The first-order chi connectivity index (χ1) is 9.55. The monoisotopic (exact) mass is 291 g/mol. The topological polar surface area (TPSA) is 77.2 Å². The number of aryl methyl sites for hydroxylation is 2. The molecule has 0 aliphatic heterocycles. The quantitative estimate of drug-likeness (QED) is 0.849. The van der Waals surface area contributed by atoms with E-state index in [1.807, 2.05) is 13.8 Å². The van der Waals surface area contributed by atoms with Crippen LogP contribution in [0.3, 0.4) is 0 Å². The number of hydrogen-bond acceptors (Lipinski definition) is 5. The Hall–Kier alpha value is -2.08. The Bertz CT molecular complexity index is 637. The van der Waals surface area contributed by atoms with Gasteiger partial charge in [-0.25, -0.2) is 4.98 Å². The number of carbonyl (C=O) groups excluding carboxylic acids is 1. The van der Waals surface area contributed by atoms with Gasteiger partial charge in [0.05, 0.1) is 18.4 Å². The lowest BCUT2D eigenvalue weighted by Gasteiger charge is -2.08. The van der Waals surface area contributed by atoms with E-state index in [1.54, 1.807) is 18.2 Å². The molecule has 20 heavy (non-hydrogen) atoms. The first-order valence-corrected chi connectivity index (χ1v) is 7.08. The number of methoxy groups -OCH3 is 1. The second kappa shape index (κ2) is 5.92. The van der Waals surface area contributed by atoms with Crippen molar-refractivity contribution in [3.05, 3.63) is 34.3 Å². The van der Waals surface area contributed by atoms with Gasteiger partial charge in [0.1, 0.15) is 5.75 Å². The van der Waals surface area contributed by atoms with E-state index >= 15 is 0 Å². The zero-order valence-electron chi connectivity index (χ0n) is 11.7. The number of thiazole rings is 1. The molecule has 0 radical (unpaired) electrons. The molecule has 0 unspecified atom stereocenters. The van der Waals surface area contributed by atoms with Crippen LogP contribution in [0.25, 0.3) is 0 Å². The van der Waals surface area contributed by atoms with Crippen LogP contribution in [0.1, 0.15) is 27.9 Å². The predicted octanol–water partition coefficient (Wildman–Crippen LogP) is 2.86. The van der Waals surface area contributed by atoms with Gasteiger partial charge in [0.2, 0.25) is 0 Å². The number of hydrogen-bond donors (Lipinski definition) is 2. The highest BCUT2D eigenvalue weighted by Gasteiger charge is 2.15. The van der Waals surface area contributed by atoms with Crippen molar-refractivity contribution in [2.24, 2.45) is 0 Å². The van der Waals surface area contributed by atoms with Crippen LogP contribution in [-0.4, -0.2) is 18.0 Å². The molecule has 2 aromatic rings. The molecule has 0 aliphatic carbocycles. The molecule has 1 amide bonds. The first-order valence-electron chi connectivity index (χ1n) is 6.26. The van der Waals surface area contributed by atoms with Gasteiger partial charge >= 0.3 is 0 Å². The number of benzene rings is 1. The summed E-state index contributed by atoms with van der Waals surface area (Å²) in [7, 11) is 1.52. The fourth-order valence-corrected chi connectivity index (χ4v) is 2.77. The Balaban J connectivity index is 2.25. The molecule has 0 atom stereocenters. The number of ether oxygens (including phenoxy) is 1. The molecule has 3 N–H and O–H groups in total. The number of nitrogen functional groups attached to an aromatic ring is 1. The van der Waals surface area contributed by atoms with Crippen molar-refractivity contribution in [1.29, 1.82) is 0 Å². The van der Waals surface area contributed by atoms with Gasteiger partial charge in [-0.15, -0.1) is 11.3 Å². The van der Waals surface area contributed by atoms with E-state index in [-0.39, 0.29) is 5.91 Å². The largest absolute Gasteiger partial charge is 0.496 e. The molecule has 0 saturated carbocycles. The van der Waals surface area contributed by atoms with Gasteiger partial charge in [-0.1, -0.05) is 6.92 Å². The number of carbonyl (C=O) groups is 1. The molecule has 0 saturated heterocycles. The smallest absolute Gasteiger partial charge is 0.261 e. The van der Waals surface area contributed by atoms with E-state index in [4.69, 9.17) is 10.5 Å². The third kappa shape index (κ3) is 2.91. The van der Waals surface area contributed by atoms with Crippen LogP contribution in [0.15, 0.2) is 18.2 Å². The van der Waals surface area contributed by atoms with E-state index in [1.165, 1.54) is 18.4 Å². The number of nitrogens with zero attached hydrogens (tertiary/aromatic N) is 1. The molecule has 0 aliphatic rings. The minimum Gasteiger partial charge on any atom is -0.496 e. The van der Waals surface area contributed by atoms with Gasteiger partial charge < -0.3 is 10.5 Å². The Kier molecular flexibility index (Phi) is 4.24. The van der Waals surface area contributed by atoms with Crippen LogP contribution in [0.4, 0.5) is 10.8 Å². The average Bonchev–Trinajstić information content (AvgIpc) is 2.78. The highest BCUT2D eigenvalue weighted by atomic mass is 32.1. The Morgan fingerprint density at radius 2 is 2.25 bits per heavy atom. The Labute approximate surface area is 121 Å². The van der Waals surface area contributed by atoms with E-state index < -0.39 is 0 Å². The van der Waals surface area contributed by atoms with Gasteiger partial charge in [-0.3, -0.25) is 10.1 Å². The molecule has 1 aromatic carbocycles. The SMILES string of the molecule is CCc1nc(NC(=O)c2cc(N)ccc2OC)sc1C. The van der Waals surface area contributed by atoms with Gasteiger partial charge in [0.25, 0.3) is 5.91 Å². The van der Waals surface area contributed by atoms with Crippen molar-refractivity contribution in [2.45, 2.75) is 20.3 Å². The standard InChI is InChI=1S/C14H17N3O2S/c1-4-11-8(2)20-14(16-11)17-13(18)10-7-9(15)5-6-12(10)19-3/h5-7H,4,15H2,1-3H3,(H,16,17,18). The first kappa shape index (κ1) is 14.3. The lowest BCUT2D eigenvalue weighted by Crippen LogP contribution is -2.13. The molecule has 0 fully saturated rings. The third-order valence-corrected chi connectivity index (χ3v) is 3.84. The summed E-state index contributed by atoms with van der Waals surface area (Å²) < 4.78 is 5.18. The molecule has 0 spiro atoms. The number of nitrogens with two attached hydrogens (primary N) is 1. The lowest BCUT2D eigenvalue weighted by atomic mass is 10.1. The van der Waals surface area contributed by atoms with E-state index in [9.17, 15) is 4.79 Å². The van der Waals surface area contributed by atoms with Crippen molar-refractivity contribution in [3.63, 3.8) is 0 Å². The number of anilines is 2. The summed E-state index contributed by atoms with van der Waals surface area (Å²) in [6.45, 7) is 4.03. The molecule has 1 aromatic heterocycles. The lowest BCUT2D eigenvalue weighted by molar-refractivity contribution is 0.102. The third-order valence-electron chi connectivity index (χ3n) is 2.92. The summed E-state index contributed by atoms with van der Waals surface area (Å²) >= 11 is 1.46. The highest BCUT2D eigenvalue weighted by Crippen LogP contribution is 2.25. The van der Waals surface area contributed by atoms with Crippen molar-refractivity contribution in [1.82, 2.24) is 4.98 Å². The fourth-order valence-electron chi connectivity index (χ4n) is 1.88. The van der Waals surface area contributed by atoms with Crippen molar-refractivity contribution in [3.8, 4) is 5.75 Å². The van der Waals surface area contributed by atoms with Gasteiger partial charge in [-0.05, 0) is 31.5 Å². The molecular formula is C14H17N3O2S. The van der Waals surface area contributed by atoms with Crippen LogP contribution >= 0.6 is 11.3 Å². The van der Waals surface area contributed by atoms with E-state index in [2.05, 4.69) is 10.3 Å². The zero-order valence-corrected chi connectivity index (χ0v) is 12.5. The van der Waals surface area contributed by atoms with Crippen molar-refractivity contribution < 1.29 is 9.53 Å². The van der Waals surface area contributed by atoms with Gasteiger partial charge in [0, 0.05) is 10.6 Å². The summed E-state index contributed by atoms with van der Waals surface area (Å²) in [6, 6.07) is 4.96.